The first-order valence-electron chi connectivity index (χ1n) is 17.1. The smallest absolute Gasteiger partial charge is 0.407 e. The van der Waals surface area contributed by atoms with Gasteiger partial charge in [0.1, 0.15) is 6.10 Å². The number of carbonyl (C=O) groups excluding carboxylic acids is 2. The maximum atomic E-state index is 14.2. The number of amides is 2. The van der Waals surface area contributed by atoms with Gasteiger partial charge in [-0.2, -0.15) is 4.31 Å². The number of thiazole rings is 1. The summed E-state index contributed by atoms with van der Waals surface area (Å²) in [7, 11) is -4.10. The highest BCUT2D eigenvalue weighted by Gasteiger charge is 2.44. The Morgan fingerprint density at radius 2 is 1.92 bits per heavy atom. The second-order valence-electron chi connectivity index (χ2n) is 13.4. The Bertz CT molecular complexity index is 1720. The first-order chi connectivity index (χ1) is 24.0. The molecule has 2 amide bonds. The second-order valence-corrected chi connectivity index (χ2v) is 16.4. The van der Waals surface area contributed by atoms with Gasteiger partial charge in [0, 0.05) is 39.3 Å². The molecule has 5 atom stereocenters. The van der Waals surface area contributed by atoms with E-state index in [2.05, 4.69) is 25.8 Å². The van der Waals surface area contributed by atoms with Gasteiger partial charge in [-0.15, -0.1) is 0 Å². The molecule has 4 N–H and O–H groups in total. The third-order valence-electron chi connectivity index (χ3n) is 9.09. The average Bonchev–Trinajstić information content (AvgIpc) is 3.81. The molecule has 14 nitrogen and oxygen atoms in total. The normalized spacial score (nSPS) is 22.5. The zero-order valence-corrected chi connectivity index (χ0v) is 30.0. The van der Waals surface area contributed by atoms with Crippen LogP contribution in [-0.2, 0) is 35.4 Å². The molecule has 3 aromatic rings. The first-order valence-corrected chi connectivity index (χ1v) is 19.4. The molecule has 3 saturated heterocycles. The number of hydrogen-bond acceptors (Lipinski definition) is 12. The minimum Gasteiger partial charge on any atom is -0.443 e. The van der Waals surface area contributed by atoms with Crippen LogP contribution < -0.4 is 16.0 Å². The zero-order chi connectivity index (χ0) is 35.3. The summed E-state index contributed by atoms with van der Waals surface area (Å²) in [5.74, 6) is -0.284. The lowest BCUT2D eigenvalue weighted by Gasteiger charge is -2.31. The Morgan fingerprint density at radius 3 is 2.68 bits per heavy atom. The van der Waals surface area contributed by atoms with Crippen LogP contribution in [0.2, 0.25) is 0 Å². The van der Waals surface area contributed by atoms with E-state index in [1.165, 1.54) is 21.7 Å². The van der Waals surface area contributed by atoms with Crippen molar-refractivity contribution in [3.8, 4) is 0 Å². The summed E-state index contributed by atoms with van der Waals surface area (Å²) in [6.45, 7) is 7.93. The van der Waals surface area contributed by atoms with Gasteiger partial charge in [0.2, 0.25) is 15.9 Å². The number of fused-ring (bicyclic) bond motifs is 2. The summed E-state index contributed by atoms with van der Waals surface area (Å²) in [4.78, 5) is 32.4. The average molecular weight is 731 g/mol. The van der Waals surface area contributed by atoms with Gasteiger partial charge < -0.3 is 35.3 Å². The minimum atomic E-state index is -4.10. The molecule has 6 rings (SSSR count). The summed E-state index contributed by atoms with van der Waals surface area (Å²) >= 11 is 1.20. The second kappa shape index (κ2) is 16.4. The van der Waals surface area contributed by atoms with Crippen LogP contribution in [0.3, 0.4) is 0 Å². The van der Waals surface area contributed by atoms with E-state index in [-0.39, 0.29) is 61.6 Å². The van der Waals surface area contributed by atoms with E-state index in [1.54, 1.807) is 12.1 Å². The Morgan fingerprint density at radius 1 is 1.14 bits per heavy atom. The van der Waals surface area contributed by atoms with Gasteiger partial charge in [-0.1, -0.05) is 55.5 Å². The van der Waals surface area contributed by atoms with Crippen molar-refractivity contribution in [2.75, 3.05) is 64.3 Å². The van der Waals surface area contributed by atoms with E-state index in [9.17, 15) is 23.1 Å². The van der Waals surface area contributed by atoms with Crippen molar-refractivity contribution in [2.45, 2.75) is 56.1 Å². The summed E-state index contributed by atoms with van der Waals surface area (Å²) in [5, 5.41) is 20.9. The van der Waals surface area contributed by atoms with E-state index < -0.39 is 34.4 Å². The zero-order valence-electron chi connectivity index (χ0n) is 28.3. The Balaban J connectivity index is 1.16. The fourth-order valence-corrected chi connectivity index (χ4v) is 9.18. The lowest BCUT2D eigenvalue weighted by atomic mass is 10.0. The predicted octanol–water partition coefficient (Wildman–Crippen LogP) is 2.25. The Hall–Kier alpha value is -3.22. The fraction of sp³-hybridized carbons (Fsp3) is 0.559. The molecule has 0 spiro atoms. The Kier molecular flexibility index (Phi) is 12.0. The topological polar surface area (TPSA) is 172 Å². The van der Waals surface area contributed by atoms with E-state index in [0.717, 1.165) is 38.2 Å². The van der Waals surface area contributed by atoms with Crippen LogP contribution in [0, 0.1) is 11.8 Å². The number of aliphatic hydroxyl groups is 1. The van der Waals surface area contributed by atoms with Crippen molar-refractivity contribution in [1.82, 2.24) is 24.8 Å². The molecule has 0 saturated carbocycles. The number of piperazine rings is 1. The SMILES string of the molecule is CC(C)CN(C[C@@H](O)[C@H](Cc1ccccc1)NC(=O)O[C@H]1CO[C@H]2OCC[C@H]21)S(=O)(=O)c1ccc2nc(NC(=O)CN3CCNCC3)sc2c1. The number of carbonyl (C=O) groups is 2. The van der Waals surface area contributed by atoms with Crippen LogP contribution >= 0.6 is 11.3 Å². The van der Waals surface area contributed by atoms with Crippen molar-refractivity contribution in [3.63, 3.8) is 0 Å². The van der Waals surface area contributed by atoms with Crippen LogP contribution in [-0.4, -0.2) is 123 Å². The number of ether oxygens (including phenoxy) is 3. The minimum absolute atomic E-state index is 0.0433. The highest BCUT2D eigenvalue weighted by Crippen LogP contribution is 2.33. The molecule has 0 radical (unpaired) electrons. The molecule has 3 fully saturated rings. The molecule has 1 aromatic heterocycles. The number of sulfonamides is 1. The third-order valence-corrected chi connectivity index (χ3v) is 11.9. The number of nitrogens with one attached hydrogen (secondary N) is 3. The fourth-order valence-electron chi connectivity index (χ4n) is 6.53. The summed E-state index contributed by atoms with van der Waals surface area (Å²) in [6.07, 6.45) is -1.87. The summed E-state index contributed by atoms with van der Waals surface area (Å²) < 4.78 is 47.1. The van der Waals surface area contributed by atoms with Crippen molar-refractivity contribution >= 4 is 48.7 Å². The van der Waals surface area contributed by atoms with Gasteiger partial charge in [0.25, 0.3) is 0 Å². The molecule has 3 aliphatic heterocycles. The molecule has 4 heterocycles. The molecule has 50 heavy (non-hydrogen) atoms. The van der Waals surface area contributed by atoms with Gasteiger partial charge in [-0.05, 0) is 42.5 Å². The lowest BCUT2D eigenvalue weighted by Crippen LogP contribution is -2.51. The number of aromatic nitrogens is 1. The van der Waals surface area contributed by atoms with E-state index >= 15 is 0 Å². The van der Waals surface area contributed by atoms with Gasteiger partial charge >= 0.3 is 6.09 Å². The molecule has 272 valence electrons. The first kappa shape index (κ1) is 36.6. The highest BCUT2D eigenvalue weighted by atomic mass is 32.2. The van der Waals surface area contributed by atoms with Gasteiger partial charge in [-0.3, -0.25) is 9.69 Å². The molecule has 3 aliphatic rings. The molecule has 0 unspecified atom stereocenters. The molecule has 0 bridgehead atoms. The van der Waals surface area contributed by atoms with Gasteiger partial charge in [-0.25, -0.2) is 18.2 Å². The number of hydrogen-bond donors (Lipinski definition) is 4. The van der Waals surface area contributed by atoms with Crippen molar-refractivity contribution in [1.29, 1.82) is 0 Å². The quantitative estimate of drug-likeness (QED) is 0.192. The number of anilines is 1. The summed E-state index contributed by atoms with van der Waals surface area (Å²) in [6, 6.07) is 13.2. The van der Waals surface area contributed by atoms with E-state index in [0.29, 0.717) is 22.0 Å². The van der Waals surface area contributed by atoms with Gasteiger partial charge in [0.15, 0.2) is 11.4 Å². The van der Waals surface area contributed by atoms with Gasteiger partial charge in [0.05, 0.1) is 52.9 Å². The van der Waals surface area contributed by atoms with Crippen LogP contribution in [0.4, 0.5) is 9.93 Å². The Labute approximate surface area is 296 Å². The highest BCUT2D eigenvalue weighted by molar-refractivity contribution is 7.89. The monoisotopic (exact) mass is 730 g/mol. The molecule has 0 aliphatic carbocycles. The third kappa shape index (κ3) is 9.16. The van der Waals surface area contributed by atoms with Crippen molar-refractivity contribution in [2.24, 2.45) is 11.8 Å². The van der Waals surface area contributed by atoms with Crippen molar-refractivity contribution < 1.29 is 37.3 Å². The van der Waals surface area contributed by atoms with Crippen LogP contribution in [0.5, 0.6) is 0 Å². The molecule has 2 aromatic carbocycles. The van der Waals surface area contributed by atoms with Crippen LogP contribution in [0.15, 0.2) is 53.4 Å². The maximum absolute atomic E-state index is 14.2. The summed E-state index contributed by atoms with van der Waals surface area (Å²) in [5.41, 5.74) is 1.42. The van der Waals surface area contributed by atoms with Crippen LogP contribution in [0.1, 0.15) is 25.8 Å². The maximum Gasteiger partial charge on any atom is 0.407 e. The largest absolute Gasteiger partial charge is 0.443 e. The molecular weight excluding hydrogens is 685 g/mol. The van der Waals surface area contributed by atoms with Crippen LogP contribution in [0.25, 0.3) is 10.2 Å². The van der Waals surface area contributed by atoms with E-state index in [1.807, 2.05) is 44.2 Å². The molecule has 16 heteroatoms. The molecular formula is C34H46N6O8S2. The number of rotatable bonds is 14. The lowest BCUT2D eigenvalue weighted by molar-refractivity contribution is -0.117. The standard InChI is InChI=1S/C34H46N6O8S2/c1-22(2)18-40(50(44,45)24-8-9-26-30(17-24)49-33(36-26)38-31(42)20-39-13-11-35-12-14-39)19-28(41)27(16-23-6-4-3-5-7-23)37-34(43)48-29-21-47-32-25(29)10-15-46-32/h3-9,17,22,25,27-29,32,35,41H,10-16,18-21H2,1-2H3,(H,37,43)(H,36,38,42)/t25-,27-,28+,29-,32+/m0/s1. The number of benzene rings is 2. The number of aliphatic hydroxyl groups excluding tert-OH is 1. The van der Waals surface area contributed by atoms with Crippen molar-refractivity contribution in [3.05, 3.63) is 54.1 Å². The number of alkyl carbamates (subject to hydrolysis) is 1. The number of nitrogens with zero attached hydrogens (tertiary/aromatic N) is 3. The van der Waals surface area contributed by atoms with E-state index in [4.69, 9.17) is 14.2 Å². The predicted molar refractivity (Wildman–Crippen MR) is 188 cm³/mol.